The second-order valence-electron chi connectivity index (χ2n) is 6.22. The zero-order valence-electron chi connectivity index (χ0n) is 13.9. The molecule has 25 heavy (non-hydrogen) atoms. The molecule has 0 saturated heterocycles. The normalized spacial score (nSPS) is 13.9. The van der Waals surface area contributed by atoms with E-state index < -0.39 is 0 Å². The smallest absolute Gasteiger partial charge is 0.260 e. The molecule has 4 rings (SSSR count). The highest BCUT2D eigenvalue weighted by Crippen LogP contribution is 2.38. The van der Waals surface area contributed by atoms with E-state index in [1.807, 2.05) is 24.3 Å². The van der Waals surface area contributed by atoms with E-state index in [9.17, 15) is 4.79 Å². The van der Waals surface area contributed by atoms with Crippen LogP contribution in [0.2, 0.25) is 5.15 Å². The third-order valence-corrected chi connectivity index (χ3v) is 4.68. The Labute approximate surface area is 149 Å². The summed E-state index contributed by atoms with van der Waals surface area (Å²) in [5.41, 5.74) is 2.55. The fourth-order valence-electron chi connectivity index (χ4n) is 2.73. The summed E-state index contributed by atoms with van der Waals surface area (Å²) >= 11 is 6.13. The first-order valence-corrected chi connectivity index (χ1v) is 8.44. The molecule has 2 aromatic heterocycles. The van der Waals surface area contributed by atoms with Gasteiger partial charge in [-0.1, -0.05) is 11.6 Å². The fourth-order valence-corrected chi connectivity index (χ4v) is 2.99. The summed E-state index contributed by atoms with van der Waals surface area (Å²) in [6.45, 7) is 1.75. The number of anilines is 1. The number of carbonyl (C=O) groups is 1. The van der Waals surface area contributed by atoms with E-state index in [0.717, 1.165) is 11.4 Å². The number of H-pyrrole nitrogens is 1. The number of rotatable bonds is 4. The Bertz CT molecular complexity index is 939. The largest absolute Gasteiger partial charge is 0.322 e. The molecule has 7 nitrogen and oxygen atoms in total. The van der Waals surface area contributed by atoms with Crippen molar-refractivity contribution < 1.29 is 4.79 Å². The summed E-state index contributed by atoms with van der Waals surface area (Å²) in [6, 6.07) is 7.40. The SMILES string of the molecule is Cc1nn(C)c(Cl)c1C(=O)Nc1ccc(-c2n[nH]c(C3CC3)n2)cc1. The number of halogens is 1. The van der Waals surface area contributed by atoms with Crippen LogP contribution < -0.4 is 5.32 Å². The predicted molar refractivity (Wildman–Crippen MR) is 94.7 cm³/mol. The van der Waals surface area contributed by atoms with Gasteiger partial charge in [0, 0.05) is 24.2 Å². The van der Waals surface area contributed by atoms with E-state index in [2.05, 4.69) is 25.6 Å². The van der Waals surface area contributed by atoms with Gasteiger partial charge < -0.3 is 5.32 Å². The number of benzene rings is 1. The van der Waals surface area contributed by atoms with E-state index in [1.165, 1.54) is 17.5 Å². The van der Waals surface area contributed by atoms with Crippen molar-refractivity contribution in [1.29, 1.82) is 0 Å². The highest BCUT2D eigenvalue weighted by Gasteiger charge is 2.27. The number of aryl methyl sites for hydroxylation is 2. The summed E-state index contributed by atoms with van der Waals surface area (Å²) in [7, 11) is 1.70. The summed E-state index contributed by atoms with van der Waals surface area (Å²) in [5.74, 6) is 1.88. The number of aromatic amines is 1. The van der Waals surface area contributed by atoms with E-state index in [4.69, 9.17) is 11.6 Å². The minimum absolute atomic E-state index is 0.280. The average molecular weight is 357 g/mol. The van der Waals surface area contributed by atoms with Crippen LogP contribution in [0.25, 0.3) is 11.4 Å². The van der Waals surface area contributed by atoms with Crippen LogP contribution in [0.4, 0.5) is 5.69 Å². The number of carbonyl (C=O) groups excluding carboxylic acids is 1. The van der Waals surface area contributed by atoms with Crippen molar-refractivity contribution in [2.75, 3.05) is 5.32 Å². The van der Waals surface area contributed by atoms with Gasteiger partial charge in [0.05, 0.1) is 11.3 Å². The van der Waals surface area contributed by atoms with Gasteiger partial charge in [-0.15, -0.1) is 0 Å². The van der Waals surface area contributed by atoms with Gasteiger partial charge >= 0.3 is 0 Å². The lowest BCUT2D eigenvalue weighted by molar-refractivity contribution is 0.102. The molecular formula is C17H17ClN6O. The monoisotopic (exact) mass is 356 g/mol. The molecule has 2 N–H and O–H groups in total. The van der Waals surface area contributed by atoms with Crippen molar-refractivity contribution in [1.82, 2.24) is 25.0 Å². The summed E-state index contributed by atoms with van der Waals surface area (Å²) < 4.78 is 1.48. The standard InChI is InChI=1S/C17H17ClN6O/c1-9-13(14(18)24(2)23-9)17(25)19-12-7-5-11(6-8-12)16-20-15(21-22-16)10-3-4-10/h5-8,10H,3-4H2,1-2H3,(H,19,25)(H,20,21,22). The maximum Gasteiger partial charge on any atom is 0.260 e. The van der Waals surface area contributed by atoms with E-state index in [1.54, 1.807) is 14.0 Å². The molecule has 128 valence electrons. The molecule has 0 spiro atoms. The van der Waals surface area contributed by atoms with E-state index >= 15 is 0 Å². The van der Waals surface area contributed by atoms with Gasteiger partial charge in [0.15, 0.2) is 5.82 Å². The second-order valence-corrected chi connectivity index (χ2v) is 6.58. The topological polar surface area (TPSA) is 88.5 Å². The minimum Gasteiger partial charge on any atom is -0.322 e. The van der Waals surface area contributed by atoms with E-state index in [0.29, 0.717) is 33.8 Å². The highest BCUT2D eigenvalue weighted by molar-refractivity contribution is 6.33. The molecule has 1 aliphatic rings. The molecular weight excluding hydrogens is 340 g/mol. The second kappa shape index (κ2) is 6.00. The van der Waals surface area contributed by atoms with Crippen LogP contribution in [-0.4, -0.2) is 30.9 Å². The Hall–Kier alpha value is -2.67. The first kappa shape index (κ1) is 15.8. The van der Waals surface area contributed by atoms with Crippen molar-refractivity contribution in [3.63, 3.8) is 0 Å². The van der Waals surface area contributed by atoms with Gasteiger partial charge in [0.1, 0.15) is 11.0 Å². The predicted octanol–water partition coefficient (Wildman–Crippen LogP) is 3.30. The van der Waals surface area contributed by atoms with Gasteiger partial charge in [0.25, 0.3) is 5.91 Å². The van der Waals surface area contributed by atoms with Gasteiger partial charge in [-0.25, -0.2) is 4.98 Å². The molecule has 1 aliphatic carbocycles. The van der Waals surface area contributed by atoms with Crippen LogP contribution in [0.15, 0.2) is 24.3 Å². The third-order valence-electron chi connectivity index (χ3n) is 4.25. The maximum absolute atomic E-state index is 12.4. The van der Waals surface area contributed by atoms with Crippen LogP contribution in [0.3, 0.4) is 0 Å². The molecule has 2 heterocycles. The first-order valence-electron chi connectivity index (χ1n) is 8.06. The zero-order valence-corrected chi connectivity index (χ0v) is 14.6. The Morgan fingerprint density at radius 3 is 2.64 bits per heavy atom. The lowest BCUT2D eigenvalue weighted by atomic mass is 10.2. The Morgan fingerprint density at radius 2 is 2.04 bits per heavy atom. The van der Waals surface area contributed by atoms with Crippen LogP contribution >= 0.6 is 11.6 Å². The number of amides is 1. The Morgan fingerprint density at radius 1 is 1.32 bits per heavy atom. The van der Waals surface area contributed by atoms with Crippen molar-refractivity contribution >= 4 is 23.2 Å². The lowest BCUT2D eigenvalue weighted by Gasteiger charge is -2.05. The number of nitrogens with zero attached hydrogens (tertiary/aromatic N) is 4. The van der Waals surface area contributed by atoms with Crippen LogP contribution in [0.1, 0.15) is 40.6 Å². The van der Waals surface area contributed by atoms with Crippen LogP contribution in [0.5, 0.6) is 0 Å². The molecule has 1 aromatic carbocycles. The maximum atomic E-state index is 12.4. The molecule has 3 aromatic rings. The lowest BCUT2D eigenvalue weighted by Crippen LogP contribution is -2.13. The van der Waals surface area contributed by atoms with Crippen LogP contribution in [0, 0.1) is 6.92 Å². The van der Waals surface area contributed by atoms with Gasteiger partial charge in [-0.2, -0.15) is 10.2 Å². The Kier molecular flexibility index (Phi) is 3.80. The third kappa shape index (κ3) is 3.02. The minimum atomic E-state index is -0.280. The summed E-state index contributed by atoms with van der Waals surface area (Å²) in [6.07, 6.45) is 2.35. The van der Waals surface area contributed by atoms with Crippen molar-refractivity contribution in [3.8, 4) is 11.4 Å². The Balaban J connectivity index is 1.50. The highest BCUT2D eigenvalue weighted by atomic mass is 35.5. The molecule has 1 saturated carbocycles. The van der Waals surface area contributed by atoms with Crippen molar-refractivity contribution in [3.05, 3.63) is 46.5 Å². The number of hydrogen-bond acceptors (Lipinski definition) is 4. The molecule has 0 atom stereocenters. The zero-order chi connectivity index (χ0) is 17.6. The molecule has 0 radical (unpaired) electrons. The number of hydrogen-bond donors (Lipinski definition) is 2. The first-order chi connectivity index (χ1) is 12.0. The van der Waals surface area contributed by atoms with Crippen molar-refractivity contribution in [2.24, 2.45) is 7.05 Å². The quantitative estimate of drug-likeness (QED) is 0.750. The van der Waals surface area contributed by atoms with Gasteiger partial charge in [0.2, 0.25) is 0 Å². The molecule has 0 bridgehead atoms. The van der Waals surface area contributed by atoms with E-state index in [-0.39, 0.29) is 5.91 Å². The fraction of sp³-hybridized carbons (Fsp3) is 0.294. The molecule has 8 heteroatoms. The molecule has 1 fully saturated rings. The van der Waals surface area contributed by atoms with Crippen molar-refractivity contribution in [2.45, 2.75) is 25.7 Å². The molecule has 1 amide bonds. The number of aromatic nitrogens is 5. The number of nitrogens with one attached hydrogen (secondary N) is 2. The molecule has 0 aliphatic heterocycles. The van der Waals surface area contributed by atoms with Crippen LogP contribution in [-0.2, 0) is 7.05 Å². The average Bonchev–Trinajstić information content (AvgIpc) is 3.26. The van der Waals surface area contributed by atoms with Gasteiger partial charge in [-0.3, -0.25) is 14.6 Å². The van der Waals surface area contributed by atoms with Gasteiger partial charge in [-0.05, 0) is 44.0 Å². The summed E-state index contributed by atoms with van der Waals surface area (Å²) in [4.78, 5) is 17.0. The molecule has 0 unspecified atom stereocenters. The summed E-state index contributed by atoms with van der Waals surface area (Å²) in [5, 5.41) is 14.6.